The van der Waals surface area contributed by atoms with Crippen LogP contribution in [0.5, 0.6) is 0 Å². The van der Waals surface area contributed by atoms with Gasteiger partial charge < -0.3 is 15.5 Å². The average Bonchev–Trinajstić information content (AvgIpc) is 3.37. The molecule has 0 aliphatic carbocycles. The number of hydrogen-bond acceptors (Lipinski definition) is 6. The number of nitrogens with zero attached hydrogens (tertiary/aromatic N) is 2. The minimum atomic E-state index is -0.191. The zero-order chi connectivity index (χ0) is 22.0. The van der Waals surface area contributed by atoms with E-state index < -0.39 is 0 Å². The Morgan fingerprint density at radius 1 is 1.19 bits per heavy atom. The van der Waals surface area contributed by atoms with Crippen molar-refractivity contribution in [1.82, 2.24) is 20.5 Å². The number of thiophene rings is 1. The van der Waals surface area contributed by atoms with E-state index >= 15 is 0 Å². The van der Waals surface area contributed by atoms with Gasteiger partial charge in [-0.3, -0.25) is 14.4 Å². The maximum Gasteiger partial charge on any atom is 0.263 e. The summed E-state index contributed by atoms with van der Waals surface area (Å²) in [5.41, 5.74) is 2.06. The normalized spacial score (nSPS) is 13.7. The summed E-state index contributed by atoms with van der Waals surface area (Å²) in [7, 11) is 0. The monoisotopic (exact) mass is 474 g/mol. The summed E-state index contributed by atoms with van der Waals surface area (Å²) in [5, 5.41) is 6.38. The van der Waals surface area contributed by atoms with Gasteiger partial charge in [-0.05, 0) is 36.8 Å². The van der Waals surface area contributed by atoms with E-state index in [4.69, 9.17) is 11.6 Å². The topological polar surface area (TPSA) is 91.4 Å². The number of rotatable bonds is 5. The van der Waals surface area contributed by atoms with Crippen LogP contribution in [0.2, 0.25) is 4.34 Å². The lowest BCUT2D eigenvalue weighted by Gasteiger charge is -2.26. The SMILES string of the molecule is Cc1nc(-c2ccc(Cl)s2)sc1C(=O)NCc1ccc(C(=O)N2CCNC(=O)C2)cc1. The molecule has 10 heteroatoms. The lowest BCUT2D eigenvalue weighted by molar-refractivity contribution is -0.123. The molecule has 1 saturated heterocycles. The van der Waals surface area contributed by atoms with Crippen LogP contribution < -0.4 is 10.6 Å². The van der Waals surface area contributed by atoms with Crippen molar-refractivity contribution in [2.75, 3.05) is 19.6 Å². The third kappa shape index (κ3) is 4.95. The van der Waals surface area contributed by atoms with Gasteiger partial charge in [0.2, 0.25) is 5.91 Å². The molecule has 0 bridgehead atoms. The third-order valence-electron chi connectivity index (χ3n) is 4.77. The number of benzene rings is 1. The van der Waals surface area contributed by atoms with Gasteiger partial charge >= 0.3 is 0 Å². The number of halogens is 1. The van der Waals surface area contributed by atoms with Crippen LogP contribution in [0.3, 0.4) is 0 Å². The molecule has 3 aromatic rings. The Morgan fingerprint density at radius 2 is 1.97 bits per heavy atom. The Balaban J connectivity index is 1.37. The van der Waals surface area contributed by atoms with Crippen LogP contribution in [0.1, 0.15) is 31.3 Å². The van der Waals surface area contributed by atoms with Crippen LogP contribution in [0.25, 0.3) is 9.88 Å². The summed E-state index contributed by atoms with van der Waals surface area (Å²) in [6.07, 6.45) is 0. The first-order chi connectivity index (χ1) is 14.9. The molecule has 160 valence electrons. The third-order valence-corrected chi connectivity index (χ3v) is 7.32. The van der Waals surface area contributed by atoms with Gasteiger partial charge in [0, 0.05) is 25.2 Å². The van der Waals surface area contributed by atoms with E-state index in [1.165, 1.54) is 27.6 Å². The van der Waals surface area contributed by atoms with E-state index in [1.54, 1.807) is 24.3 Å². The predicted molar refractivity (Wildman–Crippen MR) is 122 cm³/mol. The van der Waals surface area contributed by atoms with Crippen molar-refractivity contribution in [1.29, 1.82) is 0 Å². The molecule has 1 aromatic carbocycles. The Morgan fingerprint density at radius 3 is 2.65 bits per heavy atom. The van der Waals surface area contributed by atoms with Gasteiger partial charge in [-0.25, -0.2) is 4.98 Å². The second kappa shape index (κ2) is 9.17. The van der Waals surface area contributed by atoms with E-state index in [0.717, 1.165) is 15.4 Å². The number of carbonyl (C=O) groups excluding carboxylic acids is 3. The average molecular weight is 475 g/mol. The fraction of sp³-hybridized carbons (Fsp3) is 0.238. The minimum Gasteiger partial charge on any atom is -0.353 e. The van der Waals surface area contributed by atoms with E-state index in [9.17, 15) is 14.4 Å². The number of hydrogen-bond donors (Lipinski definition) is 2. The maximum absolute atomic E-state index is 12.6. The van der Waals surface area contributed by atoms with Gasteiger partial charge in [-0.1, -0.05) is 23.7 Å². The molecule has 1 fully saturated rings. The lowest BCUT2D eigenvalue weighted by Crippen LogP contribution is -2.49. The summed E-state index contributed by atoms with van der Waals surface area (Å²) in [6, 6.07) is 10.7. The fourth-order valence-corrected chi connectivity index (χ4v) is 5.24. The van der Waals surface area contributed by atoms with Crippen molar-refractivity contribution >= 4 is 52.0 Å². The standard InChI is InChI=1S/C21H19ClN4O3S2/c1-12-18(31-20(25-12)15-6-7-16(22)30-15)19(28)24-10-13-2-4-14(5-3-13)21(29)26-9-8-23-17(27)11-26/h2-7H,8-11H2,1H3,(H,23,27)(H,24,28). The van der Waals surface area contributed by atoms with Crippen LogP contribution >= 0.6 is 34.3 Å². The molecule has 3 heterocycles. The van der Waals surface area contributed by atoms with E-state index in [2.05, 4.69) is 15.6 Å². The molecule has 4 rings (SSSR count). The molecule has 1 aliphatic heterocycles. The zero-order valence-electron chi connectivity index (χ0n) is 16.6. The molecule has 0 radical (unpaired) electrons. The number of aryl methyl sites for hydroxylation is 1. The van der Waals surface area contributed by atoms with Gasteiger partial charge in [0.15, 0.2) is 0 Å². The van der Waals surface area contributed by atoms with E-state index in [1.807, 2.05) is 19.1 Å². The molecule has 0 saturated carbocycles. The largest absolute Gasteiger partial charge is 0.353 e. The number of nitrogens with one attached hydrogen (secondary N) is 2. The van der Waals surface area contributed by atoms with Crippen LogP contribution in [0, 0.1) is 6.92 Å². The molecular formula is C21H19ClN4O3S2. The van der Waals surface area contributed by atoms with Crippen LogP contribution in [-0.4, -0.2) is 47.2 Å². The Kier molecular flexibility index (Phi) is 6.35. The van der Waals surface area contributed by atoms with Crippen molar-refractivity contribution in [3.05, 3.63) is 62.4 Å². The quantitative estimate of drug-likeness (QED) is 0.593. The van der Waals surface area contributed by atoms with Crippen molar-refractivity contribution in [3.8, 4) is 9.88 Å². The molecule has 3 amide bonds. The highest BCUT2D eigenvalue weighted by Gasteiger charge is 2.22. The second-order valence-corrected chi connectivity index (χ2v) is 9.71. The van der Waals surface area contributed by atoms with Gasteiger partial charge in [0.1, 0.15) is 9.88 Å². The van der Waals surface area contributed by atoms with Crippen molar-refractivity contribution < 1.29 is 14.4 Å². The Bertz CT molecular complexity index is 1140. The Hall–Kier alpha value is -2.75. The van der Waals surface area contributed by atoms with Crippen molar-refractivity contribution in [2.24, 2.45) is 0 Å². The molecule has 2 N–H and O–H groups in total. The first-order valence-electron chi connectivity index (χ1n) is 9.57. The highest BCUT2D eigenvalue weighted by molar-refractivity contribution is 7.24. The van der Waals surface area contributed by atoms with Crippen LogP contribution in [0.4, 0.5) is 0 Å². The second-order valence-electron chi connectivity index (χ2n) is 6.99. The van der Waals surface area contributed by atoms with Crippen molar-refractivity contribution in [3.63, 3.8) is 0 Å². The number of aromatic nitrogens is 1. The highest BCUT2D eigenvalue weighted by Crippen LogP contribution is 2.34. The van der Waals surface area contributed by atoms with E-state index in [-0.39, 0.29) is 24.3 Å². The number of carbonyl (C=O) groups is 3. The molecule has 0 unspecified atom stereocenters. The lowest BCUT2D eigenvalue weighted by atomic mass is 10.1. The Labute approximate surface area is 192 Å². The molecule has 7 nitrogen and oxygen atoms in total. The summed E-state index contributed by atoms with van der Waals surface area (Å²) >= 11 is 8.76. The number of amides is 3. The minimum absolute atomic E-state index is 0.0739. The number of piperazine rings is 1. The molecule has 1 aliphatic rings. The maximum atomic E-state index is 12.6. The highest BCUT2D eigenvalue weighted by atomic mass is 35.5. The summed E-state index contributed by atoms with van der Waals surface area (Å²) in [5.74, 6) is -0.516. The zero-order valence-corrected chi connectivity index (χ0v) is 19.0. The van der Waals surface area contributed by atoms with Crippen molar-refractivity contribution in [2.45, 2.75) is 13.5 Å². The van der Waals surface area contributed by atoms with Gasteiger partial charge in [-0.15, -0.1) is 22.7 Å². The summed E-state index contributed by atoms with van der Waals surface area (Å²) < 4.78 is 0.680. The number of thiazole rings is 1. The van der Waals surface area contributed by atoms with Gasteiger partial charge in [0.25, 0.3) is 11.8 Å². The molecular weight excluding hydrogens is 456 g/mol. The summed E-state index contributed by atoms with van der Waals surface area (Å²) in [4.78, 5) is 44.2. The van der Waals surface area contributed by atoms with Crippen LogP contribution in [-0.2, 0) is 11.3 Å². The molecule has 0 atom stereocenters. The van der Waals surface area contributed by atoms with Gasteiger partial charge in [0.05, 0.1) is 21.5 Å². The first-order valence-corrected chi connectivity index (χ1v) is 11.6. The molecule has 2 aromatic heterocycles. The van der Waals surface area contributed by atoms with Gasteiger partial charge in [-0.2, -0.15) is 0 Å². The van der Waals surface area contributed by atoms with E-state index in [0.29, 0.717) is 40.1 Å². The predicted octanol–water partition coefficient (Wildman–Crippen LogP) is 3.34. The van der Waals surface area contributed by atoms with Crippen LogP contribution in [0.15, 0.2) is 36.4 Å². The first kappa shape index (κ1) is 21.5. The summed E-state index contributed by atoms with van der Waals surface area (Å²) in [6.45, 7) is 3.18. The fourth-order valence-electron chi connectivity index (χ4n) is 3.16. The molecule has 0 spiro atoms. The molecule has 31 heavy (non-hydrogen) atoms. The smallest absolute Gasteiger partial charge is 0.263 e.